The van der Waals surface area contributed by atoms with Gasteiger partial charge in [0.15, 0.2) is 6.10 Å². The summed E-state index contributed by atoms with van der Waals surface area (Å²) in [5.41, 5.74) is 6.70. The molecule has 0 aromatic heterocycles. The molecule has 0 bridgehead atoms. The van der Waals surface area contributed by atoms with Crippen molar-refractivity contribution in [1.82, 2.24) is 5.32 Å². The Labute approximate surface area is 128 Å². The lowest BCUT2D eigenvalue weighted by atomic mass is 10.0. The zero-order chi connectivity index (χ0) is 16.0. The van der Waals surface area contributed by atoms with Crippen LogP contribution in [0.1, 0.15) is 46.6 Å². The van der Waals surface area contributed by atoms with E-state index < -0.39 is 6.10 Å². The summed E-state index contributed by atoms with van der Waals surface area (Å²) in [6.45, 7) is 9.78. The first-order valence-corrected chi connectivity index (χ1v) is 7.56. The van der Waals surface area contributed by atoms with Crippen molar-refractivity contribution in [2.24, 2.45) is 5.73 Å². The maximum atomic E-state index is 12.1. The Bertz CT molecular complexity index is 470. The number of amides is 1. The molecule has 0 aliphatic heterocycles. The van der Waals surface area contributed by atoms with Crippen molar-refractivity contribution in [3.05, 3.63) is 29.8 Å². The highest BCUT2D eigenvalue weighted by molar-refractivity contribution is 5.81. The van der Waals surface area contributed by atoms with Crippen molar-refractivity contribution in [2.45, 2.75) is 65.1 Å². The molecule has 2 unspecified atom stereocenters. The molecule has 0 saturated carbocycles. The van der Waals surface area contributed by atoms with Gasteiger partial charge in [0.25, 0.3) is 5.91 Å². The van der Waals surface area contributed by atoms with Crippen molar-refractivity contribution in [3.63, 3.8) is 0 Å². The summed E-state index contributed by atoms with van der Waals surface area (Å²) in [5.74, 6) is 0.601. The number of carbonyl (C=O) groups is 1. The van der Waals surface area contributed by atoms with E-state index in [1.807, 2.05) is 52.0 Å². The standard InChI is InChI=1S/C17H28N2O2/c1-6-17(4,5)19-16(20)13(3)21-15-9-7-8-14(11-15)10-12(2)18/h7-9,11-13H,6,10,18H2,1-5H3,(H,19,20). The van der Waals surface area contributed by atoms with E-state index in [2.05, 4.69) is 5.32 Å². The third kappa shape index (κ3) is 6.17. The van der Waals surface area contributed by atoms with Crippen molar-refractivity contribution in [2.75, 3.05) is 0 Å². The highest BCUT2D eigenvalue weighted by Crippen LogP contribution is 2.16. The summed E-state index contributed by atoms with van der Waals surface area (Å²) >= 11 is 0. The molecule has 2 atom stereocenters. The molecule has 21 heavy (non-hydrogen) atoms. The highest BCUT2D eigenvalue weighted by Gasteiger charge is 2.22. The molecule has 3 N–H and O–H groups in total. The van der Waals surface area contributed by atoms with Crippen molar-refractivity contribution >= 4 is 5.91 Å². The van der Waals surface area contributed by atoms with Crippen LogP contribution in [-0.4, -0.2) is 23.6 Å². The average Bonchev–Trinajstić information content (AvgIpc) is 2.37. The monoisotopic (exact) mass is 292 g/mol. The Morgan fingerprint density at radius 2 is 2.05 bits per heavy atom. The third-order valence-corrected chi connectivity index (χ3v) is 3.48. The minimum Gasteiger partial charge on any atom is -0.481 e. The molecular formula is C17H28N2O2. The lowest BCUT2D eigenvalue weighted by Crippen LogP contribution is -2.48. The molecule has 1 aromatic rings. The lowest BCUT2D eigenvalue weighted by molar-refractivity contribution is -0.128. The number of hydrogen-bond acceptors (Lipinski definition) is 3. The molecule has 0 heterocycles. The van der Waals surface area contributed by atoms with Gasteiger partial charge in [-0.25, -0.2) is 0 Å². The molecule has 118 valence electrons. The molecule has 4 nitrogen and oxygen atoms in total. The van der Waals surface area contributed by atoms with Crippen molar-refractivity contribution in [3.8, 4) is 5.75 Å². The van der Waals surface area contributed by atoms with Gasteiger partial charge >= 0.3 is 0 Å². The summed E-state index contributed by atoms with van der Waals surface area (Å²) in [7, 11) is 0. The van der Waals surface area contributed by atoms with Crippen LogP contribution >= 0.6 is 0 Å². The average molecular weight is 292 g/mol. The number of carbonyl (C=O) groups excluding carboxylic acids is 1. The predicted molar refractivity (Wildman–Crippen MR) is 86.4 cm³/mol. The van der Waals surface area contributed by atoms with Gasteiger partial charge in [-0.15, -0.1) is 0 Å². The second kappa shape index (κ2) is 7.46. The summed E-state index contributed by atoms with van der Waals surface area (Å²) in [6.07, 6.45) is 1.14. The largest absolute Gasteiger partial charge is 0.481 e. The highest BCUT2D eigenvalue weighted by atomic mass is 16.5. The van der Waals surface area contributed by atoms with Crippen LogP contribution in [-0.2, 0) is 11.2 Å². The molecule has 0 saturated heterocycles. The van der Waals surface area contributed by atoms with Crippen LogP contribution < -0.4 is 15.8 Å². The van der Waals surface area contributed by atoms with Gasteiger partial charge in [-0.1, -0.05) is 19.1 Å². The minimum atomic E-state index is -0.527. The van der Waals surface area contributed by atoms with Gasteiger partial charge in [0.2, 0.25) is 0 Å². The van der Waals surface area contributed by atoms with Gasteiger partial charge < -0.3 is 15.8 Å². The van der Waals surface area contributed by atoms with E-state index in [0.717, 1.165) is 18.4 Å². The molecule has 1 rings (SSSR count). The first-order chi connectivity index (χ1) is 9.73. The van der Waals surface area contributed by atoms with Crippen molar-refractivity contribution in [1.29, 1.82) is 0 Å². The number of hydrogen-bond donors (Lipinski definition) is 2. The molecule has 0 fully saturated rings. The zero-order valence-electron chi connectivity index (χ0n) is 13.8. The Hall–Kier alpha value is -1.55. The third-order valence-electron chi connectivity index (χ3n) is 3.48. The van der Waals surface area contributed by atoms with E-state index in [1.54, 1.807) is 6.92 Å². The van der Waals surface area contributed by atoms with Crippen LogP contribution in [0.25, 0.3) is 0 Å². The Balaban J connectivity index is 2.66. The van der Waals surface area contributed by atoms with E-state index in [4.69, 9.17) is 10.5 Å². The quantitative estimate of drug-likeness (QED) is 0.812. The maximum absolute atomic E-state index is 12.1. The normalized spacial score (nSPS) is 14.4. The molecule has 1 amide bonds. The zero-order valence-corrected chi connectivity index (χ0v) is 13.8. The Morgan fingerprint density at radius 1 is 1.38 bits per heavy atom. The van der Waals surface area contributed by atoms with E-state index in [9.17, 15) is 4.79 Å². The second-order valence-corrected chi connectivity index (χ2v) is 6.32. The molecule has 0 spiro atoms. The van der Waals surface area contributed by atoms with Crippen molar-refractivity contribution < 1.29 is 9.53 Å². The van der Waals surface area contributed by atoms with Crippen LogP contribution in [0.2, 0.25) is 0 Å². The fourth-order valence-corrected chi connectivity index (χ4v) is 1.90. The number of ether oxygens (including phenoxy) is 1. The summed E-state index contributed by atoms with van der Waals surface area (Å²) in [6, 6.07) is 7.85. The SMILES string of the molecule is CCC(C)(C)NC(=O)C(C)Oc1cccc(CC(C)N)c1. The summed E-state index contributed by atoms with van der Waals surface area (Å²) in [5, 5.41) is 2.99. The molecule has 0 radical (unpaired) electrons. The number of benzene rings is 1. The minimum absolute atomic E-state index is 0.0977. The van der Waals surface area contributed by atoms with Crippen LogP contribution in [0.4, 0.5) is 0 Å². The van der Waals surface area contributed by atoms with Gasteiger partial charge in [0.1, 0.15) is 5.75 Å². The van der Waals surface area contributed by atoms with Gasteiger partial charge in [0, 0.05) is 11.6 Å². The summed E-state index contributed by atoms with van der Waals surface area (Å²) < 4.78 is 5.74. The fraction of sp³-hybridized carbons (Fsp3) is 0.588. The first kappa shape index (κ1) is 17.5. The van der Waals surface area contributed by atoms with Crippen LogP contribution in [0.3, 0.4) is 0 Å². The van der Waals surface area contributed by atoms with Gasteiger partial charge in [-0.05, 0) is 58.2 Å². The molecule has 4 heteroatoms. The molecular weight excluding hydrogens is 264 g/mol. The van der Waals surface area contributed by atoms with Gasteiger partial charge in [-0.3, -0.25) is 4.79 Å². The Kier molecular flexibility index (Phi) is 6.21. The fourth-order valence-electron chi connectivity index (χ4n) is 1.90. The second-order valence-electron chi connectivity index (χ2n) is 6.32. The molecule has 0 aliphatic rings. The van der Waals surface area contributed by atoms with Crippen LogP contribution in [0, 0.1) is 0 Å². The first-order valence-electron chi connectivity index (χ1n) is 7.56. The molecule has 0 aliphatic carbocycles. The van der Waals surface area contributed by atoms with E-state index in [-0.39, 0.29) is 17.5 Å². The number of nitrogens with one attached hydrogen (secondary N) is 1. The van der Waals surface area contributed by atoms with Gasteiger partial charge in [-0.2, -0.15) is 0 Å². The van der Waals surface area contributed by atoms with E-state index in [0.29, 0.717) is 5.75 Å². The summed E-state index contributed by atoms with van der Waals surface area (Å²) in [4.78, 5) is 12.1. The topological polar surface area (TPSA) is 64.3 Å². The van der Waals surface area contributed by atoms with Crippen LogP contribution in [0.5, 0.6) is 5.75 Å². The maximum Gasteiger partial charge on any atom is 0.261 e. The van der Waals surface area contributed by atoms with Gasteiger partial charge in [0.05, 0.1) is 0 Å². The van der Waals surface area contributed by atoms with E-state index >= 15 is 0 Å². The number of rotatable bonds is 7. The lowest BCUT2D eigenvalue weighted by Gasteiger charge is -2.26. The van der Waals surface area contributed by atoms with E-state index in [1.165, 1.54) is 0 Å². The Morgan fingerprint density at radius 3 is 2.62 bits per heavy atom. The van der Waals surface area contributed by atoms with Crippen LogP contribution in [0.15, 0.2) is 24.3 Å². The predicted octanol–water partition coefficient (Wildman–Crippen LogP) is 2.65. The molecule has 1 aromatic carbocycles. The number of nitrogens with two attached hydrogens (primary N) is 1. The smallest absolute Gasteiger partial charge is 0.261 e.